The van der Waals surface area contributed by atoms with Gasteiger partial charge < -0.3 is 14.5 Å². The molecular formula is C29H37FN6O2. The summed E-state index contributed by atoms with van der Waals surface area (Å²) in [6, 6.07) is 9.71. The second kappa shape index (κ2) is 10.6. The Kier molecular flexibility index (Phi) is 7.07. The maximum atomic E-state index is 14.6. The minimum atomic E-state index is -0.250. The molecule has 0 spiro atoms. The lowest BCUT2D eigenvalue weighted by molar-refractivity contribution is -0.127. The van der Waals surface area contributed by atoms with Gasteiger partial charge in [-0.05, 0) is 61.3 Å². The highest BCUT2D eigenvalue weighted by atomic mass is 19.1. The van der Waals surface area contributed by atoms with Gasteiger partial charge in [-0.15, -0.1) is 0 Å². The van der Waals surface area contributed by atoms with E-state index in [1.807, 2.05) is 22.9 Å². The van der Waals surface area contributed by atoms with E-state index in [2.05, 4.69) is 45.2 Å². The van der Waals surface area contributed by atoms with Crippen LogP contribution in [0.3, 0.4) is 0 Å². The largest absolute Gasteiger partial charge is 0.496 e. The molecule has 8 nitrogen and oxygen atoms in total. The van der Waals surface area contributed by atoms with Crippen molar-refractivity contribution >= 4 is 11.6 Å². The van der Waals surface area contributed by atoms with Gasteiger partial charge in [-0.25, -0.2) is 14.8 Å². The van der Waals surface area contributed by atoms with E-state index in [9.17, 15) is 9.18 Å². The number of carbonyl (C=O) groups excluding carboxylic acids is 1. The predicted molar refractivity (Wildman–Crippen MR) is 143 cm³/mol. The fourth-order valence-corrected chi connectivity index (χ4v) is 6.87. The minimum Gasteiger partial charge on any atom is -0.496 e. The molecule has 6 rings (SSSR count). The number of pyridine rings is 1. The van der Waals surface area contributed by atoms with E-state index in [-0.39, 0.29) is 29.7 Å². The Morgan fingerprint density at radius 2 is 2.08 bits per heavy atom. The Labute approximate surface area is 222 Å². The first-order valence-corrected chi connectivity index (χ1v) is 13.8. The number of nitrogens with zero attached hydrogens (tertiary/aromatic N) is 3. The van der Waals surface area contributed by atoms with Crippen LogP contribution in [0.4, 0.5) is 4.39 Å². The Hall–Kier alpha value is -3.01. The van der Waals surface area contributed by atoms with Gasteiger partial charge in [-0.2, -0.15) is 0 Å². The van der Waals surface area contributed by atoms with Crippen molar-refractivity contribution in [2.24, 2.45) is 17.8 Å². The van der Waals surface area contributed by atoms with Crippen LogP contribution in [0.5, 0.6) is 5.75 Å². The lowest BCUT2D eigenvalue weighted by atomic mass is 9.74. The minimum absolute atomic E-state index is 0.00484. The van der Waals surface area contributed by atoms with E-state index >= 15 is 0 Å². The fourth-order valence-electron chi connectivity index (χ4n) is 6.87. The van der Waals surface area contributed by atoms with Gasteiger partial charge in [0.15, 0.2) is 0 Å². The van der Waals surface area contributed by atoms with Gasteiger partial charge in [0.25, 0.3) is 0 Å². The number of aromatic nitrogens is 2. The van der Waals surface area contributed by atoms with Crippen LogP contribution >= 0.6 is 0 Å². The van der Waals surface area contributed by atoms with E-state index in [1.54, 1.807) is 19.2 Å². The molecule has 4 heterocycles. The van der Waals surface area contributed by atoms with Crippen molar-refractivity contribution in [3.63, 3.8) is 0 Å². The lowest BCUT2D eigenvalue weighted by Gasteiger charge is -2.38. The Morgan fingerprint density at radius 1 is 1.18 bits per heavy atom. The van der Waals surface area contributed by atoms with Gasteiger partial charge in [-0.3, -0.25) is 15.1 Å². The number of carbonyl (C=O) groups is 1. The van der Waals surface area contributed by atoms with Crippen LogP contribution in [-0.4, -0.2) is 52.5 Å². The standard InChI is InChI=1S/C29H37FN6O2/c1-18-12-21(16-35(14-18)17-23-24(30)4-3-5-26(23)38-2)32-29(37)19-6-8-25-22(13-19)28(34-33-25)20-7-9-27-31-10-11-36(27)15-20/h3-5,7,9-11,15,18-19,21-22,25,28,33-34H,6,8,12-14,16-17H2,1-2H3,(H,32,37)/t18-,19?,21-,22?,25?,28?/m1/s1. The summed E-state index contributed by atoms with van der Waals surface area (Å²) in [6.45, 7) is 4.26. The third-order valence-corrected chi connectivity index (χ3v) is 8.65. The summed E-state index contributed by atoms with van der Waals surface area (Å²) < 4.78 is 22.0. The molecule has 1 aliphatic carbocycles. The topological polar surface area (TPSA) is 82.9 Å². The summed E-state index contributed by atoms with van der Waals surface area (Å²) in [5, 5.41) is 3.37. The molecule has 9 heteroatoms. The lowest BCUT2D eigenvalue weighted by Crippen LogP contribution is -2.52. The average molecular weight is 521 g/mol. The number of nitrogens with one attached hydrogen (secondary N) is 3. The summed E-state index contributed by atoms with van der Waals surface area (Å²) in [6.07, 6.45) is 9.55. The zero-order valence-corrected chi connectivity index (χ0v) is 22.1. The number of benzene rings is 1. The first-order valence-electron chi connectivity index (χ1n) is 13.8. The maximum absolute atomic E-state index is 14.6. The van der Waals surface area contributed by atoms with E-state index in [0.29, 0.717) is 42.3 Å². The zero-order chi connectivity index (χ0) is 26.2. The molecule has 4 unspecified atom stereocenters. The smallest absolute Gasteiger partial charge is 0.223 e. The van der Waals surface area contributed by atoms with E-state index < -0.39 is 0 Å². The summed E-state index contributed by atoms with van der Waals surface area (Å²) in [5.41, 5.74) is 9.70. The van der Waals surface area contributed by atoms with Crippen molar-refractivity contribution in [2.75, 3.05) is 20.2 Å². The Morgan fingerprint density at radius 3 is 2.95 bits per heavy atom. The first-order chi connectivity index (χ1) is 18.5. The van der Waals surface area contributed by atoms with Crippen LogP contribution in [0, 0.1) is 23.6 Å². The molecule has 3 aliphatic rings. The Balaban J connectivity index is 1.10. The molecule has 38 heavy (non-hydrogen) atoms. The highest BCUT2D eigenvalue weighted by molar-refractivity contribution is 5.79. The molecule has 0 bridgehead atoms. The third-order valence-electron chi connectivity index (χ3n) is 8.65. The number of ether oxygens (including phenoxy) is 1. The van der Waals surface area contributed by atoms with Crippen LogP contribution in [0.15, 0.2) is 48.9 Å². The number of amides is 1. The molecule has 1 saturated carbocycles. The van der Waals surface area contributed by atoms with Gasteiger partial charge in [0.05, 0.1) is 13.2 Å². The molecular weight excluding hydrogens is 483 g/mol. The molecule has 0 radical (unpaired) electrons. The van der Waals surface area contributed by atoms with Crippen LogP contribution in [0.2, 0.25) is 0 Å². The van der Waals surface area contributed by atoms with Gasteiger partial charge in [0.1, 0.15) is 17.2 Å². The molecule has 2 saturated heterocycles. The van der Waals surface area contributed by atoms with Crippen molar-refractivity contribution in [1.82, 2.24) is 30.5 Å². The number of likely N-dealkylation sites (tertiary alicyclic amines) is 1. The van der Waals surface area contributed by atoms with Crippen LogP contribution in [-0.2, 0) is 11.3 Å². The molecule has 2 aromatic heterocycles. The number of fused-ring (bicyclic) bond motifs is 2. The van der Waals surface area contributed by atoms with Gasteiger partial charge >= 0.3 is 0 Å². The number of halogens is 1. The highest BCUT2D eigenvalue weighted by Gasteiger charge is 2.43. The first kappa shape index (κ1) is 25.3. The van der Waals surface area contributed by atoms with Crippen molar-refractivity contribution < 1.29 is 13.9 Å². The molecule has 202 valence electrons. The average Bonchev–Trinajstić information content (AvgIpc) is 3.55. The molecule has 2 aliphatic heterocycles. The third kappa shape index (κ3) is 5.02. The quantitative estimate of drug-likeness (QED) is 0.462. The van der Waals surface area contributed by atoms with Crippen molar-refractivity contribution in [2.45, 2.75) is 57.3 Å². The van der Waals surface area contributed by atoms with E-state index in [1.165, 1.54) is 11.6 Å². The summed E-state index contributed by atoms with van der Waals surface area (Å²) in [7, 11) is 1.57. The molecule has 1 amide bonds. The molecule has 3 aromatic rings. The predicted octanol–water partition coefficient (Wildman–Crippen LogP) is 3.44. The van der Waals surface area contributed by atoms with Gasteiger partial charge in [0, 0.05) is 61.8 Å². The normalized spacial score (nSPS) is 29.8. The van der Waals surface area contributed by atoms with E-state index in [4.69, 9.17) is 4.74 Å². The van der Waals surface area contributed by atoms with Crippen LogP contribution in [0.1, 0.15) is 49.8 Å². The number of piperidine rings is 1. The summed E-state index contributed by atoms with van der Waals surface area (Å²) in [4.78, 5) is 20.1. The number of hydrazine groups is 1. The highest BCUT2D eigenvalue weighted by Crippen LogP contribution is 2.40. The zero-order valence-electron chi connectivity index (χ0n) is 22.1. The molecule has 6 atom stereocenters. The Bertz CT molecular complexity index is 1300. The SMILES string of the molecule is COc1cccc(F)c1CN1C[C@H](C)C[C@@H](NC(=O)C2CCC3NNC(c4ccc5nccn5c4)C3C2)C1. The molecule has 3 N–H and O–H groups in total. The number of rotatable bonds is 6. The number of methoxy groups -OCH3 is 1. The number of hydrogen-bond donors (Lipinski definition) is 3. The van der Waals surface area contributed by atoms with Gasteiger partial charge in [-0.1, -0.05) is 19.1 Å². The number of hydrogen-bond acceptors (Lipinski definition) is 6. The van der Waals surface area contributed by atoms with Crippen molar-refractivity contribution in [3.8, 4) is 5.75 Å². The molecule has 3 fully saturated rings. The second-order valence-corrected chi connectivity index (χ2v) is 11.4. The number of imidazole rings is 1. The maximum Gasteiger partial charge on any atom is 0.223 e. The van der Waals surface area contributed by atoms with Gasteiger partial charge in [0.2, 0.25) is 5.91 Å². The fraction of sp³-hybridized carbons (Fsp3) is 0.517. The summed E-state index contributed by atoms with van der Waals surface area (Å²) >= 11 is 0. The molecule has 1 aromatic carbocycles. The second-order valence-electron chi connectivity index (χ2n) is 11.4. The summed E-state index contributed by atoms with van der Waals surface area (Å²) in [5.74, 6) is 1.22. The van der Waals surface area contributed by atoms with E-state index in [0.717, 1.165) is 37.9 Å². The van der Waals surface area contributed by atoms with Crippen LogP contribution in [0.25, 0.3) is 5.65 Å². The van der Waals surface area contributed by atoms with Crippen LogP contribution < -0.4 is 20.9 Å². The van der Waals surface area contributed by atoms with Crippen molar-refractivity contribution in [3.05, 3.63) is 65.9 Å². The monoisotopic (exact) mass is 520 g/mol. The van der Waals surface area contributed by atoms with Crippen molar-refractivity contribution in [1.29, 1.82) is 0 Å².